The molecule has 0 amide bonds. The fraction of sp³-hybridized carbons (Fsp3) is 0.444. The number of methoxy groups -OCH3 is 1. The summed E-state index contributed by atoms with van der Waals surface area (Å²) in [5, 5.41) is 5.98. The Bertz CT molecular complexity index is 519. The van der Waals surface area contributed by atoms with Gasteiger partial charge in [-0.1, -0.05) is 39.0 Å². The van der Waals surface area contributed by atoms with Gasteiger partial charge in [0.15, 0.2) is 0 Å². The third-order valence-electron chi connectivity index (χ3n) is 3.82. The van der Waals surface area contributed by atoms with Crippen LogP contribution in [0.25, 0.3) is 0 Å². The number of benzene rings is 1. The number of ether oxygens (including phenoxy) is 1. The van der Waals surface area contributed by atoms with Gasteiger partial charge in [-0.15, -0.1) is 11.3 Å². The quantitative estimate of drug-likeness (QED) is 0.759. The van der Waals surface area contributed by atoms with E-state index in [1.807, 2.05) is 23.5 Å². The van der Waals surface area contributed by atoms with Crippen LogP contribution in [0.3, 0.4) is 0 Å². The second kappa shape index (κ2) is 7.62. The first-order chi connectivity index (χ1) is 10.2. The molecule has 114 valence electrons. The summed E-state index contributed by atoms with van der Waals surface area (Å²) in [7, 11) is 1.70. The first-order valence-electron chi connectivity index (χ1n) is 7.59. The average molecular weight is 303 g/mol. The standard InChI is InChI=1S/C18H25NOS/c1-5-16(14-8-10-15(20-4)11-9-14)19-18(13(2)3)17-7-6-12-21-17/h6-13,16,18-19H,5H2,1-4H3. The van der Waals surface area contributed by atoms with Gasteiger partial charge in [-0.25, -0.2) is 0 Å². The third kappa shape index (κ3) is 4.08. The van der Waals surface area contributed by atoms with Crippen molar-refractivity contribution in [1.29, 1.82) is 0 Å². The lowest BCUT2D eigenvalue weighted by molar-refractivity contribution is 0.361. The van der Waals surface area contributed by atoms with Crippen LogP contribution in [-0.2, 0) is 0 Å². The summed E-state index contributed by atoms with van der Waals surface area (Å²) >= 11 is 1.83. The van der Waals surface area contributed by atoms with Crippen molar-refractivity contribution >= 4 is 11.3 Å². The Labute approximate surface area is 132 Å². The summed E-state index contributed by atoms with van der Waals surface area (Å²) in [6.45, 7) is 6.78. The molecule has 0 fully saturated rings. The Morgan fingerprint density at radius 2 is 1.86 bits per heavy atom. The highest BCUT2D eigenvalue weighted by molar-refractivity contribution is 7.10. The van der Waals surface area contributed by atoms with E-state index in [4.69, 9.17) is 4.74 Å². The van der Waals surface area contributed by atoms with E-state index in [1.54, 1.807) is 7.11 Å². The van der Waals surface area contributed by atoms with E-state index in [0.717, 1.165) is 12.2 Å². The van der Waals surface area contributed by atoms with Crippen LogP contribution in [0.2, 0.25) is 0 Å². The van der Waals surface area contributed by atoms with Gasteiger partial charge in [0.05, 0.1) is 7.11 Å². The molecule has 0 saturated heterocycles. The van der Waals surface area contributed by atoms with Gasteiger partial charge >= 0.3 is 0 Å². The minimum Gasteiger partial charge on any atom is -0.497 e. The highest BCUT2D eigenvalue weighted by atomic mass is 32.1. The fourth-order valence-electron chi connectivity index (χ4n) is 2.57. The Balaban J connectivity index is 2.16. The van der Waals surface area contributed by atoms with Crippen molar-refractivity contribution in [2.75, 3.05) is 7.11 Å². The van der Waals surface area contributed by atoms with Crippen LogP contribution in [0.1, 0.15) is 49.7 Å². The molecule has 2 nitrogen and oxygen atoms in total. The molecule has 2 aromatic rings. The van der Waals surface area contributed by atoms with Crippen LogP contribution in [0.4, 0.5) is 0 Å². The van der Waals surface area contributed by atoms with Crippen LogP contribution in [0.5, 0.6) is 5.75 Å². The molecule has 21 heavy (non-hydrogen) atoms. The van der Waals surface area contributed by atoms with Crippen molar-refractivity contribution in [3.8, 4) is 5.75 Å². The average Bonchev–Trinajstić information content (AvgIpc) is 3.02. The van der Waals surface area contributed by atoms with Gasteiger partial charge in [-0.05, 0) is 41.5 Å². The monoisotopic (exact) mass is 303 g/mol. The molecule has 1 aromatic heterocycles. The number of thiophene rings is 1. The third-order valence-corrected chi connectivity index (χ3v) is 4.78. The number of hydrogen-bond acceptors (Lipinski definition) is 3. The van der Waals surface area contributed by atoms with E-state index in [9.17, 15) is 0 Å². The maximum absolute atomic E-state index is 5.24. The molecular weight excluding hydrogens is 278 g/mol. The largest absolute Gasteiger partial charge is 0.497 e. The van der Waals surface area contributed by atoms with Crippen molar-refractivity contribution in [2.24, 2.45) is 5.92 Å². The SMILES string of the molecule is CCC(NC(c1cccs1)C(C)C)c1ccc(OC)cc1. The molecule has 2 unspecified atom stereocenters. The molecule has 0 aliphatic carbocycles. The summed E-state index contributed by atoms with van der Waals surface area (Å²) in [5.41, 5.74) is 1.32. The molecule has 0 aliphatic heterocycles. The normalized spacial score (nSPS) is 14.1. The zero-order valence-corrected chi connectivity index (χ0v) is 14.1. The van der Waals surface area contributed by atoms with Crippen molar-refractivity contribution in [1.82, 2.24) is 5.32 Å². The van der Waals surface area contributed by atoms with Gasteiger partial charge in [0.2, 0.25) is 0 Å². The Morgan fingerprint density at radius 1 is 1.14 bits per heavy atom. The molecule has 1 heterocycles. The molecule has 0 aliphatic rings. The molecule has 0 bridgehead atoms. The second-order valence-corrected chi connectivity index (χ2v) is 6.62. The summed E-state index contributed by atoms with van der Waals surface area (Å²) in [6, 6.07) is 13.5. The second-order valence-electron chi connectivity index (χ2n) is 5.64. The molecule has 2 atom stereocenters. The summed E-state index contributed by atoms with van der Waals surface area (Å²) < 4.78 is 5.24. The van der Waals surface area contributed by atoms with Crippen molar-refractivity contribution in [3.05, 3.63) is 52.2 Å². The van der Waals surface area contributed by atoms with E-state index >= 15 is 0 Å². The molecule has 1 aromatic carbocycles. The van der Waals surface area contributed by atoms with E-state index in [0.29, 0.717) is 18.0 Å². The first kappa shape index (κ1) is 16.1. The minimum absolute atomic E-state index is 0.366. The lowest BCUT2D eigenvalue weighted by Crippen LogP contribution is -2.29. The van der Waals surface area contributed by atoms with Crippen molar-refractivity contribution < 1.29 is 4.74 Å². The first-order valence-corrected chi connectivity index (χ1v) is 8.47. The van der Waals surface area contributed by atoms with Gasteiger partial charge in [0, 0.05) is 17.0 Å². The van der Waals surface area contributed by atoms with Crippen LogP contribution in [0, 0.1) is 5.92 Å². The van der Waals surface area contributed by atoms with E-state index in [-0.39, 0.29) is 0 Å². The highest BCUT2D eigenvalue weighted by Gasteiger charge is 2.21. The van der Waals surface area contributed by atoms with Gasteiger partial charge in [-0.2, -0.15) is 0 Å². The molecular formula is C18H25NOS. The highest BCUT2D eigenvalue weighted by Crippen LogP contribution is 2.30. The minimum atomic E-state index is 0.366. The van der Waals surface area contributed by atoms with Gasteiger partial charge in [0.25, 0.3) is 0 Å². The van der Waals surface area contributed by atoms with Crippen molar-refractivity contribution in [2.45, 2.75) is 39.3 Å². The molecule has 3 heteroatoms. The zero-order chi connectivity index (χ0) is 15.2. The van der Waals surface area contributed by atoms with Gasteiger partial charge in [-0.3, -0.25) is 0 Å². The Hall–Kier alpha value is -1.32. The maximum Gasteiger partial charge on any atom is 0.118 e. The molecule has 0 saturated carbocycles. The smallest absolute Gasteiger partial charge is 0.118 e. The van der Waals surface area contributed by atoms with Crippen LogP contribution in [0.15, 0.2) is 41.8 Å². The lowest BCUT2D eigenvalue weighted by Gasteiger charge is -2.27. The maximum atomic E-state index is 5.24. The van der Waals surface area contributed by atoms with Crippen LogP contribution in [-0.4, -0.2) is 7.11 Å². The van der Waals surface area contributed by atoms with E-state index < -0.39 is 0 Å². The zero-order valence-electron chi connectivity index (χ0n) is 13.3. The molecule has 0 spiro atoms. The number of hydrogen-bond donors (Lipinski definition) is 1. The van der Waals surface area contributed by atoms with Crippen LogP contribution >= 0.6 is 11.3 Å². The Morgan fingerprint density at radius 3 is 2.33 bits per heavy atom. The topological polar surface area (TPSA) is 21.3 Å². The Kier molecular flexibility index (Phi) is 5.83. The van der Waals surface area contributed by atoms with E-state index in [2.05, 4.69) is 55.7 Å². The van der Waals surface area contributed by atoms with Crippen molar-refractivity contribution in [3.63, 3.8) is 0 Å². The van der Waals surface area contributed by atoms with Gasteiger partial charge < -0.3 is 10.1 Å². The summed E-state index contributed by atoms with van der Waals surface area (Å²) in [6.07, 6.45) is 1.07. The number of nitrogens with one attached hydrogen (secondary N) is 1. The molecule has 1 N–H and O–H groups in total. The summed E-state index contributed by atoms with van der Waals surface area (Å²) in [4.78, 5) is 1.41. The van der Waals surface area contributed by atoms with Crippen LogP contribution < -0.4 is 10.1 Å². The predicted molar refractivity (Wildman–Crippen MR) is 91.1 cm³/mol. The van der Waals surface area contributed by atoms with E-state index in [1.165, 1.54) is 10.4 Å². The molecule has 2 rings (SSSR count). The number of rotatable bonds is 7. The predicted octanol–water partition coefficient (Wildman–Crippen LogP) is 5.19. The molecule has 0 radical (unpaired) electrons. The summed E-state index contributed by atoms with van der Waals surface area (Å²) in [5.74, 6) is 1.48. The van der Waals surface area contributed by atoms with Gasteiger partial charge in [0.1, 0.15) is 5.75 Å². The lowest BCUT2D eigenvalue weighted by atomic mass is 9.98. The fourth-order valence-corrected chi connectivity index (χ4v) is 3.53.